The van der Waals surface area contributed by atoms with Crippen molar-refractivity contribution in [1.82, 2.24) is 10.2 Å². The minimum Gasteiger partial charge on any atom is -0.306 e. The average molecular weight is 325 g/mol. The van der Waals surface area contributed by atoms with Gasteiger partial charge in [-0.1, -0.05) is 24.3 Å². The van der Waals surface area contributed by atoms with Crippen LogP contribution in [0.3, 0.4) is 0 Å². The standard InChI is InChI=1S/C18H19N3O3/c1-4-9-21-12-8-6-5-7-11(12)18(17(21)24)14-13(10(2)19-18)15(22)20(3)16(14)23/h4-8,10,13-14,19H,1,9H2,2-3H3/t10-,13+,14-,18+/m1/s1. The van der Waals surface area contributed by atoms with Crippen LogP contribution < -0.4 is 10.2 Å². The predicted molar refractivity (Wildman–Crippen MR) is 88.0 cm³/mol. The normalized spacial score (nSPS) is 34.2. The van der Waals surface area contributed by atoms with Gasteiger partial charge in [0.1, 0.15) is 5.54 Å². The second-order valence-electron chi connectivity index (χ2n) is 6.70. The van der Waals surface area contributed by atoms with Crippen LogP contribution in [-0.2, 0) is 19.9 Å². The monoisotopic (exact) mass is 325 g/mol. The second-order valence-corrected chi connectivity index (χ2v) is 6.70. The lowest BCUT2D eigenvalue weighted by Gasteiger charge is -2.29. The molecular weight excluding hydrogens is 306 g/mol. The Hall–Kier alpha value is -2.47. The van der Waals surface area contributed by atoms with Gasteiger partial charge in [0, 0.05) is 30.9 Å². The van der Waals surface area contributed by atoms with Crippen molar-refractivity contribution in [3.8, 4) is 0 Å². The van der Waals surface area contributed by atoms with Crippen molar-refractivity contribution >= 4 is 23.4 Å². The van der Waals surface area contributed by atoms with Crippen molar-refractivity contribution in [3.63, 3.8) is 0 Å². The summed E-state index contributed by atoms with van der Waals surface area (Å²) in [5.41, 5.74) is 0.381. The van der Waals surface area contributed by atoms with E-state index < -0.39 is 17.4 Å². The van der Waals surface area contributed by atoms with Crippen molar-refractivity contribution in [1.29, 1.82) is 0 Å². The highest BCUT2D eigenvalue weighted by molar-refractivity contribution is 6.15. The van der Waals surface area contributed by atoms with Gasteiger partial charge >= 0.3 is 0 Å². The number of rotatable bonds is 2. The Kier molecular flexibility index (Phi) is 3.00. The molecule has 0 unspecified atom stereocenters. The van der Waals surface area contributed by atoms with Crippen LogP contribution in [0.1, 0.15) is 12.5 Å². The number of nitrogens with zero attached hydrogens (tertiary/aromatic N) is 2. The van der Waals surface area contributed by atoms with Gasteiger partial charge in [0.25, 0.3) is 5.91 Å². The average Bonchev–Trinajstić information content (AvgIpc) is 3.10. The van der Waals surface area contributed by atoms with Crippen LogP contribution in [0, 0.1) is 11.8 Å². The van der Waals surface area contributed by atoms with E-state index in [9.17, 15) is 14.4 Å². The molecule has 0 bridgehead atoms. The molecule has 2 fully saturated rings. The minimum atomic E-state index is -1.17. The van der Waals surface area contributed by atoms with E-state index in [1.54, 1.807) is 11.0 Å². The first-order chi connectivity index (χ1) is 11.4. The molecule has 6 heteroatoms. The van der Waals surface area contributed by atoms with Gasteiger partial charge in [0.2, 0.25) is 11.8 Å². The van der Waals surface area contributed by atoms with Crippen molar-refractivity contribution in [2.45, 2.75) is 18.5 Å². The van der Waals surface area contributed by atoms with Gasteiger partial charge in [0.05, 0.1) is 11.8 Å². The molecule has 3 aliphatic heterocycles. The van der Waals surface area contributed by atoms with E-state index in [0.717, 1.165) is 11.3 Å². The van der Waals surface area contributed by atoms with Crippen LogP contribution in [0.15, 0.2) is 36.9 Å². The fourth-order valence-electron chi connectivity index (χ4n) is 4.56. The molecule has 4 rings (SSSR count). The lowest BCUT2D eigenvalue weighted by atomic mass is 9.76. The van der Waals surface area contributed by atoms with Crippen LogP contribution in [0.25, 0.3) is 0 Å². The van der Waals surface area contributed by atoms with Crippen LogP contribution in [0.5, 0.6) is 0 Å². The summed E-state index contributed by atoms with van der Waals surface area (Å²) in [5.74, 6) is -1.89. The molecule has 0 radical (unpaired) electrons. The number of para-hydroxylation sites is 1. The highest BCUT2D eigenvalue weighted by Crippen LogP contribution is 2.54. The van der Waals surface area contributed by atoms with Gasteiger partial charge in [-0.2, -0.15) is 0 Å². The number of hydrogen-bond acceptors (Lipinski definition) is 4. The maximum Gasteiger partial charge on any atom is 0.253 e. The number of nitrogens with one attached hydrogen (secondary N) is 1. The van der Waals surface area contributed by atoms with E-state index in [-0.39, 0.29) is 23.8 Å². The Labute approximate surface area is 140 Å². The molecule has 3 aliphatic rings. The summed E-state index contributed by atoms with van der Waals surface area (Å²) in [7, 11) is 1.50. The molecular formula is C18H19N3O3. The molecule has 1 spiro atoms. The molecule has 124 valence electrons. The van der Waals surface area contributed by atoms with Gasteiger partial charge in [-0.05, 0) is 13.0 Å². The number of likely N-dealkylation sites (tertiary alicyclic amines) is 1. The molecule has 24 heavy (non-hydrogen) atoms. The van der Waals surface area contributed by atoms with Gasteiger partial charge in [0.15, 0.2) is 0 Å². The summed E-state index contributed by atoms with van der Waals surface area (Å²) < 4.78 is 0. The van der Waals surface area contributed by atoms with Crippen molar-refractivity contribution < 1.29 is 14.4 Å². The molecule has 1 aromatic rings. The SMILES string of the molecule is C=CCN1C(=O)[C@]2(N[C@H](C)[C@@H]3C(=O)N(C)C(=O)[C@@H]32)c2ccccc21. The minimum absolute atomic E-state index is 0.181. The zero-order valence-corrected chi connectivity index (χ0v) is 13.7. The number of fused-ring (bicyclic) bond motifs is 4. The number of amides is 3. The van der Waals surface area contributed by atoms with Crippen molar-refractivity contribution in [3.05, 3.63) is 42.5 Å². The molecule has 3 heterocycles. The van der Waals surface area contributed by atoms with Crippen LogP contribution in [0.4, 0.5) is 5.69 Å². The van der Waals surface area contributed by atoms with E-state index in [4.69, 9.17) is 0 Å². The Balaban J connectivity index is 1.95. The third kappa shape index (κ3) is 1.52. The Morgan fingerprint density at radius 3 is 2.67 bits per heavy atom. The molecule has 4 atom stereocenters. The fourth-order valence-corrected chi connectivity index (χ4v) is 4.56. The first kappa shape index (κ1) is 15.1. The maximum atomic E-state index is 13.4. The van der Waals surface area contributed by atoms with E-state index in [0.29, 0.717) is 6.54 Å². The maximum absolute atomic E-state index is 13.4. The summed E-state index contributed by atoms with van der Waals surface area (Å²) in [5, 5.41) is 3.31. The third-order valence-electron chi connectivity index (χ3n) is 5.55. The first-order valence-corrected chi connectivity index (χ1v) is 8.06. The van der Waals surface area contributed by atoms with E-state index in [1.165, 1.54) is 11.9 Å². The van der Waals surface area contributed by atoms with Gasteiger partial charge in [-0.3, -0.25) is 24.6 Å². The van der Waals surface area contributed by atoms with E-state index in [1.807, 2.05) is 31.2 Å². The lowest BCUT2D eigenvalue weighted by Crippen LogP contribution is -2.54. The Morgan fingerprint density at radius 1 is 1.25 bits per heavy atom. The molecule has 0 saturated carbocycles. The highest BCUT2D eigenvalue weighted by Gasteiger charge is 2.70. The van der Waals surface area contributed by atoms with Crippen LogP contribution >= 0.6 is 0 Å². The number of imide groups is 1. The fraction of sp³-hybridized carbons (Fsp3) is 0.389. The second kappa shape index (κ2) is 4.77. The van der Waals surface area contributed by atoms with Gasteiger partial charge < -0.3 is 4.90 Å². The molecule has 1 N–H and O–H groups in total. The van der Waals surface area contributed by atoms with E-state index in [2.05, 4.69) is 11.9 Å². The quantitative estimate of drug-likeness (QED) is 0.640. The Bertz CT molecular complexity index is 789. The van der Waals surface area contributed by atoms with Crippen LogP contribution in [0.2, 0.25) is 0 Å². The van der Waals surface area contributed by atoms with Crippen molar-refractivity contribution in [2.24, 2.45) is 11.8 Å². The number of carbonyl (C=O) groups excluding carboxylic acids is 3. The largest absolute Gasteiger partial charge is 0.306 e. The van der Waals surface area contributed by atoms with Gasteiger partial charge in [-0.15, -0.1) is 6.58 Å². The van der Waals surface area contributed by atoms with Crippen LogP contribution in [-0.4, -0.2) is 42.3 Å². The molecule has 3 amide bonds. The summed E-state index contributed by atoms with van der Waals surface area (Å²) in [4.78, 5) is 41.5. The summed E-state index contributed by atoms with van der Waals surface area (Å²) in [6.07, 6.45) is 1.66. The predicted octanol–water partition coefficient (Wildman–Crippen LogP) is 0.637. The number of hydrogen-bond donors (Lipinski definition) is 1. The summed E-state index contributed by atoms with van der Waals surface area (Å²) in [6.45, 7) is 5.95. The summed E-state index contributed by atoms with van der Waals surface area (Å²) in [6, 6.07) is 7.21. The zero-order valence-electron chi connectivity index (χ0n) is 13.7. The third-order valence-corrected chi connectivity index (χ3v) is 5.55. The molecule has 1 aromatic carbocycles. The number of benzene rings is 1. The molecule has 0 aromatic heterocycles. The topological polar surface area (TPSA) is 69.7 Å². The number of anilines is 1. The molecule has 6 nitrogen and oxygen atoms in total. The number of carbonyl (C=O) groups is 3. The van der Waals surface area contributed by atoms with E-state index >= 15 is 0 Å². The Morgan fingerprint density at radius 2 is 1.96 bits per heavy atom. The highest BCUT2D eigenvalue weighted by atomic mass is 16.2. The summed E-state index contributed by atoms with van der Waals surface area (Å²) >= 11 is 0. The van der Waals surface area contributed by atoms with Gasteiger partial charge in [-0.25, -0.2) is 0 Å². The van der Waals surface area contributed by atoms with Crippen molar-refractivity contribution in [2.75, 3.05) is 18.5 Å². The molecule has 0 aliphatic carbocycles. The lowest BCUT2D eigenvalue weighted by molar-refractivity contribution is -0.141. The molecule has 2 saturated heterocycles. The smallest absolute Gasteiger partial charge is 0.253 e. The first-order valence-electron chi connectivity index (χ1n) is 8.06. The zero-order chi connectivity index (χ0) is 17.2.